The van der Waals surface area contributed by atoms with E-state index >= 15 is 4.39 Å². The number of nitrogens with zero attached hydrogens (tertiary/aromatic N) is 1. The maximum atomic E-state index is 15.1. The molecule has 0 atom stereocenters. The number of nitrogens with two attached hydrogens (primary N) is 1. The molecule has 0 spiro atoms. The smallest absolute Gasteiger partial charge is 0.285 e. The Morgan fingerprint density at radius 2 is 1.70 bits per heavy atom. The molecular formula is C22H23FN2O6S2. The van der Waals surface area contributed by atoms with Crippen LogP contribution in [0.3, 0.4) is 0 Å². The molecule has 0 radical (unpaired) electrons. The van der Waals surface area contributed by atoms with Crippen LogP contribution in [0.4, 0.5) is 4.39 Å². The molecule has 1 fully saturated rings. The van der Waals surface area contributed by atoms with Gasteiger partial charge < -0.3 is 4.74 Å². The molecule has 11 heteroatoms. The Morgan fingerprint density at radius 3 is 2.27 bits per heavy atom. The van der Waals surface area contributed by atoms with Gasteiger partial charge >= 0.3 is 0 Å². The van der Waals surface area contributed by atoms with Crippen molar-refractivity contribution in [1.82, 2.24) is 4.41 Å². The molecule has 2 aromatic carbocycles. The molecule has 2 aromatic rings. The lowest BCUT2D eigenvalue weighted by atomic mass is 10.1. The highest BCUT2D eigenvalue weighted by Gasteiger charge is 2.34. The average molecular weight is 495 g/mol. The number of hydrogen-bond donors (Lipinski definition) is 1. The van der Waals surface area contributed by atoms with Gasteiger partial charge in [-0.1, -0.05) is 36.8 Å². The van der Waals surface area contributed by atoms with Gasteiger partial charge in [-0.2, -0.15) is 12.8 Å². The van der Waals surface area contributed by atoms with E-state index < -0.39 is 46.9 Å². The van der Waals surface area contributed by atoms with Crippen LogP contribution in [0.15, 0.2) is 46.2 Å². The van der Waals surface area contributed by atoms with E-state index in [1.54, 1.807) is 0 Å². The van der Waals surface area contributed by atoms with Crippen LogP contribution in [0.1, 0.15) is 41.6 Å². The SMILES string of the molecule is COc1c(C#CC2CCCC2)ccc(C(=O)N(N)S(=O)(=O)c2ccccc2S(C)(=O)=O)c1F. The highest BCUT2D eigenvalue weighted by molar-refractivity contribution is 7.93. The Bertz CT molecular complexity index is 1350. The fourth-order valence-electron chi connectivity index (χ4n) is 3.57. The number of sulfonamides is 1. The quantitative estimate of drug-likeness (QED) is 0.293. The number of amides is 1. The van der Waals surface area contributed by atoms with Gasteiger partial charge in [-0.05, 0) is 37.1 Å². The molecule has 1 aliphatic rings. The Morgan fingerprint density at radius 1 is 1.09 bits per heavy atom. The average Bonchev–Trinajstić information content (AvgIpc) is 3.30. The summed E-state index contributed by atoms with van der Waals surface area (Å²) in [6, 6.07) is 7.09. The minimum Gasteiger partial charge on any atom is -0.492 e. The summed E-state index contributed by atoms with van der Waals surface area (Å²) in [6.07, 6.45) is 4.91. The number of ether oxygens (including phenoxy) is 1. The van der Waals surface area contributed by atoms with Crippen LogP contribution < -0.4 is 10.6 Å². The molecule has 33 heavy (non-hydrogen) atoms. The van der Waals surface area contributed by atoms with E-state index in [1.165, 1.54) is 25.3 Å². The number of hydrazine groups is 1. The third-order valence-electron chi connectivity index (χ3n) is 5.28. The maximum absolute atomic E-state index is 15.1. The summed E-state index contributed by atoms with van der Waals surface area (Å²) in [6.45, 7) is 0. The molecule has 0 saturated heterocycles. The van der Waals surface area contributed by atoms with E-state index in [0.717, 1.165) is 50.1 Å². The first-order valence-electron chi connectivity index (χ1n) is 10.00. The highest BCUT2D eigenvalue weighted by Crippen LogP contribution is 2.29. The number of hydrogen-bond acceptors (Lipinski definition) is 7. The van der Waals surface area contributed by atoms with E-state index in [9.17, 15) is 21.6 Å². The molecule has 3 rings (SSSR count). The van der Waals surface area contributed by atoms with E-state index in [1.807, 2.05) is 0 Å². The molecule has 0 bridgehead atoms. The number of benzene rings is 2. The molecule has 0 aromatic heterocycles. The van der Waals surface area contributed by atoms with Gasteiger partial charge in [-0.3, -0.25) is 4.79 Å². The molecule has 1 saturated carbocycles. The van der Waals surface area contributed by atoms with E-state index in [2.05, 4.69) is 11.8 Å². The minimum atomic E-state index is -4.82. The first kappa shape index (κ1) is 24.7. The molecule has 176 valence electrons. The van der Waals surface area contributed by atoms with Gasteiger partial charge in [0.1, 0.15) is 4.90 Å². The lowest BCUT2D eigenvalue weighted by Crippen LogP contribution is -2.43. The molecule has 0 unspecified atom stereocenters. The van der Waals surface area contributed by atoms with Crippen LogP contribution in [-0.4, -0.2) is 40.5 Å². The van der Waals surface area contributed by atoms with Crippen LogP contribution >= 0.6 is 0 Å². The predicted molar refractivity (Wildman–Crippen MR) is 119 cm³/mol. The minimum absolute atomic E-state index is 0.182. The molecule has 2 N–H and O–H groups in total. The van der Waals surface area contributed by atoms with Crippen molar-refractivity contribution in [2.24, 2.45) is 11.8 Å². The fraction of sp³-hybridized carbons (Fsp3) is 0.318. The Labute approximate surface area is 192 Å². The lowest BCUT2D eigenvalue weighted by molar-refractivity contribution is 0.0856. The van der Waals surface area contributed by atoms with Crippen molar-refractivity contribution in [2.75, 3.05) is 13.4 Å². The van der Waals surface area contributed by atoms with Gasteiger partial charge in [-0.15, -0.1) is 0 Å². The van der Waals surface area contributed by atoms with Gasteiger partial charge in [-0.25, -0.2) is 18.7 Å². The second-order valence-electron chi connectivity index (χ2n) is 7.58. The third kappa shape index (κ3) is 5.03. The zero-order valence-corrected chi connectivity index (χ0v) is 19.7. The summed E-state index contributed by atoms with van der Waals surface area (Å²) in [5.74, 6) is 8.89. The monoisotopic (exact) mass is 494 g/mol. The summed E-state index contributed by atoms with van der Waals surface area (Å²) in [5.41, 5.74) is -0.450. The van der Waals surface area contributed by atoms with Crippen molar-refractivity contribution in [1.29, 1.82) is 0 Å². The summed E-state index contributed by atoms with van der Waals surface area (Å²) in [5, 5.41) is 0. The molecule has 8 nitrogen and oxygen atoms in total. The summed E-state index contributed by atoms with van der Waals surface area (Å²) in [7, 11) is -7.58. The number of rotatable bonds is 5. The number of sulfone groups is 1. The van der Waals surface area contributed by atoms with Crippen molar-refractivity contribution >= 4 is 25.8 Å². The van der Waals surface area contributed by atoms with Crippen molar-refractivity contribution in [3.63, 3.8) is 0 Å². The van der Waals surface area contributed by atoms with Gasteiger partial charge in [0.2, 0.25) is 0 Å². The van der Waals surface area contributed by atoms with Crippen LogP contribution in [0.25, 0.3) is 0 Å². The fourth-order valence-corrected chi connectivity index (χ4v) is 6.20. The zero-order valence-electron chi connectivity index (χ0n) is 18.0. The lowest BCUT2D eigenvalue weighted by Gasteiger charge is -2.19. The zero-order chi connectivity index (χ0) is 24.4. The van der Waals surface area contributed by atoms with Crippen molar-refractivity contribution in [2.45, 2.75) is 35.5 Å². The second kappa shape index (κ2) is 9.51. The number of halogens is 1. The standard InChI is InChI=1S/C22H23FN2O6S2/c1-31-21-16(12-11-15-7-3-4-8-15)13-14-17(20(21)23)22(26)25(24)33(29,30)19-10-6-5-9-18(19)32(2,27)28/h5-6,9-10,13-15H,3-4,7-8,24H2,1-2H3. The van der Waals surface area contributed by atoms with Crippen LogP contribution in [-0.2, 0) is 19.9 Å². The van der Waals surface area contributed by atoms with E-state index in [4.69, 9.17) is 10.6 Å². The van der Waals surface area contributed by atoms with E-state index in [0.29, 0.717) is 0 Å². The van der Waals surface area contributed by atoms with Crippen molar-refractivity contribution in [3.05, 3.63) is 53.3 Å². The highest BCUT2D eigenvalue weighted by atomic mass is 32.2. The second-order valence-corrected chi connectivity index (χ2v) is 11.4. The Hall–Kier alpha value is -2.94. The van der Waals surface area contributed by atoms with Crippen LogP contribution in [0.2, 0.25) is 0 Å². The van der Waals surface area contributed by atoms with Gasteiger partial charge in [0.05, 0.1) is 23.1 Å². The predicted octanol–water partition coefficient (Wildman–Crippen LogP) is 2.48. The van der Waals surface area contributed by atoms with Crippen molar-refractivity contribution < 1.29 is 30.8 Å². The molecular weight excluding hydrogens is 471 g/mol. The first-order chi connectivity index (χ1) is 15.5. The largest absolute Gasteiger partial charge is 0.492 e. The maximum Gasteiger partial charge on any atom is 0.285 e. The van der Waals surface area contributed by atoms with Gasteiger partial charge in [0, 0.05) is 12.2 Å². The third-order valence-corrected chi connectivity index (χ3v) is 8.16. The van der Waals surface area contributed by atoms with Crippen molar-refractivity contribution in [3.8, 4) is 17.6 Å². The van der Waals surface area contributed by atoms with Gasteiger partial charge in [0.25, 0.3) is 15.9 Å². The molecule has 1 amide bonds. The molecule has 0 aliphatic heterocycles. The van der Waals surface area contributed by atoms with Crippen LogP contribution in [0, 0.1) is 23.6 Å². The number of carbonyl (C=O) groups excluding carboxylic acids is 1. The molecule has 0 heterocycles. The Balaban J connectivity index is 2.00. The number of methoxy groups -OCH3 is 1. The van der Waals surface area contributed by atoms with Gasteiger partial charge in [0.15, 0.2) is 21.4 Å². The van der Waals surface area contributed by atoms with E-state index in [-0.39, 0.29) is 21.6 Å². The topological polar surface area (TPSA) is 124 Å². The number of carbonyl (C=O) groups is 1. The van der Waals surface area contributed by atoms with Crippen LogP contribution in [0.5, 0.6) is 5.75 Å². The summed E-state index contributed by atoms with van der Waals surface area (Å²) < 4.78 is 69.9. The summed E-state index contributed by atoms with van der Waals surface area (Å²) in [4.78, 5) is 11.6. The molecule has 1 aliphatic carbocycles. The normalized spacial score (nSPS) is 14.4. The Kier molecular flexibility index (Phi) is 7.11. The first-order valence-corrected chi connectivity index (χ1v) is 13.3. The summed E-state index contributed by atoms with van der Waals surface area (Å²) >= 11 is 0.